The molecule has 2 aromatic rings. The van der Waals surface area contributed by atoms with E-state index >= 15 is 0 Å². The molecule has 9 heteroatoms. The van der Waals surface area contributed by atoms with E-state index in [2.05, 4.69) is 49.4 Å². The summed E-state index contributed by atoms with van der Waals surface area (Å²) >= 11 is 0. The maximum Gasteiger partial charge on any atom is 0.272 e. The Bertz CT molecular complexity index is 872. The van der Waals surface area contributed by atoms with Crippen LogP contribution in [0.15, 0.2) is 35.5 Å². The lowest BCUT2D eigenvalue weighted by Gasteiger charge is -2.42. The van der Waals surface area contributed by atoms with Gasteiger partial charge in [0.1, 0.15) is 0 Å². The van der Waals surface area contributed by atoms with E-state index in [4.69, 9.17) is 4.43 Å². The Morgan fingerprint density at radius 3 is 2.22 bits per heavy atom. The largest absolute Gasteiger partial charge is 0.412 e. The first-order chi connectivity index (χ1) is 12.3. The number of aromatic nitrogens is 4. The molecule has 0 bridgehead atoms. The summed E-state index contributed by atoms with van der Waals surface area (Å²) < 4.78 is 33.5. The van der Waals surface area contributed by atoms with E-state index in [1.54, 1.807) is 12.1 Å². The van der Waals surface area contributed by atoms with Gasteiger partial charge < -0.3 is 4.43 Å². The van der Waals surface area contributed by atoms with Crippen molar-refractivity contribution in [3.63, 3.8) is 0 Å². The van der Waals surface area contributed by atoms with Crippen molar-refractivity contribution in [1.82, 2.24) is 20.2 Å². The first-order valence-corrected chi connectivity index (χ1v) is 13.6. The first kappa shape index (κ1) is 21.7. The molecule has 1 aromatic carbocycles. The van der Waals surface area contributed by atoms with Gasteiger partial charge in [-0.2, -0.15) is 4.68 Å². The number of rotatable bonds is 7. The Morgan fingerprint density at radius 2 is 1.67 bits per heavy atom. The van der Waals surface area contributed by atoms with E-state index < -0.39 is 23.8 Å². The molecule has 2 rings (SSSR count). The van der Waals surface area contributed by atoms with Crippen LogP contribution in [0.2, 0.25) is 18.1 Å². The lowest BCUT2D eigenvalue weighted by atomic mass is 10.1. The highest BCUT2D eigenvalue weighted by atomic mass is 32.2. The Hall–Kier alpha value is -1.58. The van der Waals surface area contributed by atoms with Crippen LogP contribution in [0, 0.1) is 0 Å². The monoisotopic (exact) mass is 410 g/mol. The Morgan fingerprint density at radius 1 is 1.07 bits per heavy atom. The highest BCUT2D eigenvalue weighted by Crippen LogP contribution is 2.39. The molecule has 0 radical (unpaired) electrons. The number of sulfone groups is 1. The van der Waals surface area contributed by atoms with Gasteiger partial charge in [0.2, 0.25) is 9.84 Å². The molecular formula is C18H30N4O3SSi. The van der Waals surface area contributed by atoms with Crippen LogP contribution in [-0.2, 0) is 14.3 Å². The maximum atomic E-state index is 12.9. The summed E-state index contributed by atoms with van der Waals surface area (Å²) in [6.45, 7) is 14.7. The van der Waals surface area contributed by atoms with Crippen LogP contribution < -0.4 is 0 Å². The summed E-state index contributed by atoms with van der Waals surface area (Å²) in [6.07, 6.45) is 0.365. The van der Waals surface area contributed by atoms with Crippen molar-refractivity contribution in [2.24, 2.45) is 0 Å². The fourth-order valence-electron chi connectivity index (χ4n) is 2.47. The second-order valence-corrected chi connectivity index (χ2v) is 15.6. The highest BCUT2D eigenvalue weighted by Gasteiger charge is 2.41. The highest BCUT2D eigenvalue weighted by molar-refractivity contribution is 7.91. The second-order valence-electron chi connectivity index (χ2n) is 8.90. The smallest absolute Gasteiger partial charge is 0.272 e. The summed E-state index contributed by atoms with van der Waals surface area (Å²) in [5.74, 6) is -0.0815. The van der Waals surface area contributed by atoms with Gasteiger partial charge in [0.05, 0.1) is 17.0 Å². The van der Waals surface area contributed by atoms with Crippen LogP contribution in [0.3, 0.4) is 0 Å². The van der Waals surface area contributed by atoms with Crippen LogP contribution in [-0.4, -0.2) is 48.3 Å². The number of benzene rings is 1. The summed E-state index contributed by atoms with van der Waals surface area (Å²) in [5, 5.41) is 11.1. The molecule has 150 valence electrons. The van der Waals surface area contributed by atoms with Crippen LogP contribution in [0.25, 0.3) is 5.69 Å². The fraction of sp³-hybridized carbons (Fsp3) is 0.611. The molecular weight excluding hydrogens is 380 g/mol. The van der Waals surface area contributed by atoms with Crippen LogP contribution >= 0.6 is 0 Å². The normalized spacial score (nSPS) is 13.7. The second kappa shape index (κ2) is 7.44. The SMILES string of the molecule is CC(C)(CCS(=O)(=O)c1nnnn1-c1ccccc1)O[Si](C)(C)C(C)(C)C. The minimum absolute atomic E-state index is 0.0561. The molecule has 0 aliphatic heterocycles. The van der Waals surface area contributed by atoms with Crippen molar-refractivity contribution < 1.29 is 12.8 Å². The molecule has 0 fully saturated rings. The average Bonchev–Trinajstić information content (AvgIpc) is 3.03. The average molecular weight is 411 g/mol. The van der Waals surface area contributed by atoms with Gasteiger partial charge in [-0.25, -0.2) is 8.42 Å². The van der Waals surface area contributed by atoms with Crippen molar-refractivity contribution in [2.75, 3.05) is 5.75 Å². The van der Waals surface area contributed by atoms with Crippen LogP contribution in [0.1, 0.15) is 41.0 Å². The minimum atomic E-state index is -3.66. The van der Waals surface area contributed by atoms with E-state index in [9.17, 15) is 8.42 Å². The van der Waals surface area contributed by atoms with Crippen molar-refractivity contribution in [1.29, 1.82) is 0 Å². The molecule has 1 heterocycles. The van der Waals surface area contributed by atoms with Gasteiger partial charge in [-0.1, -0.05) is 44.1 Å². The zero-order valence-corrected chi connectivity index (χ0v) is 19.0. The Kier molecular flexibility index (Phi) is 5.98. The maximum absolute atomic E-state index is 12.9. The van der Waals surface area contributed by atoms with Crippen molar-refractivity contribution >= 4 is 18.2 Å². The number of nitrogens with zero attached hydrogens (tertiary/aromatic N) is 4. The van der Waals surface area contributed by atoms with E-state index in [1.807, 2.05) is 32.0 Å². The molecule has 0 aliphatic rings. The summed E-state index contributed by atoms with van der Waals surface area (Å²) in [7, 11) is -5.66. The third kappa shape index (κ3) is 5.23. The predicted molar refractivity (Wildman–Crippen MR) is 108 cm³/mol. The van der Waals surface area contributed by atoms with Gasteiger partial charge in [-0.15, -0.1) is 0 Å². The number of hydrogen-bond donors (Lipinski definition) is 0. The lowest BCUT2D eigenvalue weighted by Crippen LogP contribution is -2.48. The van der Waals surface area contributed by atoms with Gasteiger partial charge in [-0.05, 0) is 61.0 Å². The predicted octanol–water partition coefficient (Wildman–Crippen LogP) is 3.63. The molecule has 0 atom stereocenters. The summed E-state index contributed by atoms with van der Waals surface area (Å²) in [4.78, 5) is 0. The fourth-order valence-corrected chi connectivity index (χ4v) is 5.77. The van der Waals surface area contributed by atoms with Crippen molar-refractivity contribution in [3.05, 3.63) is 30.3 Å². The van der Waals surface area contributed by atoms with Crippen molar-refractivity contribution in [2.45, 2.75) is 69.9 Å². The van der Waals surface area contributed by atoms with Gasteiger partial charge >= 0.3 is 0 Å². The van der Waals surface area contributed by atoms with E-state index in [-0.39, 0.29) is 15.9 Å². The molecule has 0 aliphatic carbocycles. The van der Waals surface area contributed by atoms with E-state index in [1.165, 1.54) is 4.68 Å². The minimum Gasteiger partial charge on any atom is -0.412 e. The molecule has 0 N–H and O–H groups in total. The topological polar surface area (TPSA) is 87.0 Å². The Balaban J connectivity index is 2.18. The molecule has 0 amide bonds. The number of para-hydroxylation sites is 1. The van der Waals surface area contributed by atoms with Gasteiger partial charge in [-0.3, -0.25) is 0 Å². The molecule has 7 nitrogen and oxygen atoms in total. The quantitative estimate of drug-likeness (QED) is 0.648. The molecule has 0 saturated heterocycles. The molecule has 0 spiro atoms. The molecule has 27 heavy (non-hydrogen) atoms. The summed E-state index contributed by atoms with van der Waals surface area (Å²) in [6, 6.07) is 9.00. The third-order valence-electron chi connectivity index (χ3n) is 5.03. The zero-order valence-electron chi connectivity index (χ0n) is 17.2. The van der Waals surface area contributed by atoms with Crippen molar-refractivity contribution in [3.8, 4) is 5.69 Å². The lowest BCUT2D eigenvalue weighted by molar-refractivity contribution is 0.0883. The van der Waals surface area contributed by atoms with Gasteiger partial charge in [0.15, 0.2) is 8.32 Å². The van der Waals surface area contributed by atoms with Gasteiger partial charge in [0.25, 0.3) is 5.16 Å². The first-order valence-electron chi connectivity index (χ1n) is 9.02. The number of tetrazole rings is 1. The summed E-state index contributed by atoms with van der Waals surface area (Å²) in [5.41, 5.74) is 0.0547. The molecule has 1 aromatic heterocycles. The van der Waals surface area contributed by atoms with Crippen LogP contribution in [0.4, 0.5) is 0 Å². The third-order valence-corrected chi connectivity index (χ3v) is 11.3. The Labute approximate surface area is 163 Å². The standard InChI is InChI=1S/C18H30N4O3SSi/c1-17(2,3)27(6,7)25-18(4,5)13-14-26(23,24)16-19-20-21-22(16)15-11-9-8-10-12-15/h8-12H,13-14H2,1-7H3. The van der Waals surface area contributed by atoms with E-state index in [0.29, 0.717) is 12.1 Å². The van der Waals surface area contributed by atoms with Gasteiger partial charge in [0, 0.05) is 0 Å². The number of hydrogen-bond acceptors (Lipinski definition) is 6. The zero-order chi connectivity index (χ0) is 20.5. The van der Waals surface area contributed by atoms with Crippen LogP contribution in [0.5, 0.6) is 0 Å². The van der Waals surface area contributed by atoms with E-state index in [0.717, 1.165) is 0 Å². The molecule has 0 unspecified atom stereocenters. The molecule has 0 saturated carbocycles.